The molecule has 2 aromatic carbocycles. The highest BCUT2D eigenvalue weighted by Gasteiger charge is 2.36. The third kappa shape index (κ3) is 6.38. The van der Waals surface area contributed by atoms with Crippen molar-refractivity contribution in [2.45, 2.75) is 51.0 Å². The van der Waals surface area contributed by atoms with Crippen molar-refractivity contribution in [1.82, 2.24) is 9.80 Å². The van der Waals surface area contributed by atoms with E-state index in [0.29, 0.717) is 24.6 Å². The lowest BCUT2D eigenvalue weighted by molar-refractivity contribution is 0.0751. The lowest BCUT2D eigenvalue weighted by Gasteiger charge is -2.34. The first-order valence-corrected chi connectivity index (χ1v) is 12.4. The number of likely N-dealkylation sites (tertiary alicyclic amines) is 2. The molecule has 2 aliphatic heterocycles. The number of alkyl halides is 2. The van der Waals surface area contributed by atoms with Gasteiger partial charge in [0.05, 0.1) is 24.8 Å². The summed E-state index contributed by atoms with van der Waals surface area (Å²) in [5.74, 6) is -0.240. The summed E-state index contributed by atoms with van der Waals surface area (Å²) >= 11 is 0. The molecule has 0 aromatic heterocycles. The van der Waals surface area contributed by atoms with Gasteiger partial charge in [0.1, 0.15) is 29.4 Å². The Hall–Kier alpha value is -3.05. The molecule has 0 N–H and O–H groups in total. The number of ether oxygens (including phenoxy) is 1. The zero-order valence-corrected chi connectivity index (χ0v) is 20.7. The van der Waals surface area contributed by atoms with Crippen LogP contribution in [-0.2, 0) is 0 Å². The Morgan fingerprint density at radius 1 is 1.14 bits per heavy atom. The summed E-state index contributed by atoms with van der Waals surface area (Å²) in [4.78, 5) is 15.9. The van der Waals surface area contributed by atoms with Crippen LogP contribution in [0.1, 0.15) is 43.5 Å². The van der Waals surface area contributed by atoms with E-state index in [0.717, 1.165) is 42.1 Å². The van der Waals surface area contributed by atoms with Crippen molar-refractivity contribution >= 4 is 5.91 Å². The highest BCUT2D eigenvalue weighted by atomic mass is 19.1. The van der Waals surface area contributed by atoms with Gasteiger partial charge in [-0.05, 0) is 81.1 Å². The average Bonchev–Trinajstić information content (AvgIpc) is 3.23. The number of hydrogen-bond donors (Lipinski definition) is 0. The van der Waals surface area contributed by atoms with E-state index in [1.54, 1.807) is 19.9 Å². The molecule has 0 saturated carbocycles. The van der Waals surface area contributed by atoms with Crippen molar-refractivity contribution < 1.29 is 22.7 Å². The number of nitriles is 1. The number of nitrogens with zero attached hydrogens (tertiary/aromatic N) is 3. The molecular weight excluding hydrogens is 467 g/mol. The fraction of sp³-hybridized carbons (Fsp3) is 0.500. The first-order valence-electron chi connectivity index (χ1n) is 12.4. The monoisotopic (exact) mass is 499 g/mol. The Bertz CT molecular complexity index is 1100. The number of rotatable bonds is 7. The molecule has 2 atom stereocenters. The summed E-state index contributed by atoms with van der Waals surface area (Å²) in [7, 11) is 0. The van der Waals surface area contributed by atoms with Crippen LogP contribution < -0.4 is 4.74 Å². The third-order valence-corrected chi connectivity index (χ3v) is 6.84. The van der Waals surface area contributed by atoms with Crippen molar-refractivity contribution in [2.24, 2.45) is 5.92 Å². The van der Waals surface area contributed by atoms with Crippen LogP contribution in [0.15, 0.2) is 42.5 Å². The highest BCUT2D eigenvalue weighted by Crippen LogP contribution is 2.28. The lowest BCUT2D eigenvalue weighted by atomic mass is 9.97. The average molecular weight is 500 g/mol. The molecule has 0 aliphatic carbocycles. The van der Waals surface area contributed by atoms with Crippen LogP contribution in [0.4, 0.5) is 13.2 Å². The fourth-order valence-corrected chi connectivity index (χ4v) is 4.96. The maximum atomic E-state index is 14.8. The summed E-state index contributed by atoms with van der Waals surface area (Å²) in [6.45, 7) is 5.80. The molecule has 2 saturated heterocycles. The number of amides is 1. The second-order valence-electron chi connectivity index (χ2n) is 10.4. The van der Waals surface area contributed by atoms with Gasteiger partial charge in [0.25, 0.3) is 5.91 Å². The van der Waals surface area contributed by atoms with Gasteiger partial charge >= 0.3 is 0 Å². The number of piperidine rings is 1. The SMILES string of the molecule is CC(C)(F)CN1CCC(COc2ccc(-c3ccc(C(=O)N4C[C@@H](F)C[C@H]4C#N)c(F)c3)cc2)CC1. The molecule has 192 valence electrons. The van der Waals surface area contributed by atoms with E-state index in [1.807, 2.05) is 30.3 Å². The van der Waals surface area contributed by atoms with Gasteiger partial charge in [-0.1, -0.05) is 18.2 Å². The van der Waals surface area contributed by atoms with E-state index in [2.05, 4.69) is 4.90 Å². The molecule has 1 amide bonds. The maximum absolute atomic E-state index is 14.8. The molecule has 36 heavy (non-hydrogen) atoms. The minimum absolute atomic E-state index is 0.0486. The van der Waals surface area contributed by atoms with E-state index in [-0.39, 0.29) is 18.5 Å². The van der Waals surface area contributed by atoms with Crippen molar-refractivity contribution in [3.8, 4) is 22.9 Å². The predicted molar refractivity (Wildman–Crippen MR) is 132 cm³/mol. The summed E-state index contributed by atoms with van der Waals surface area (Å²) in [5, 5.41) is 9.17. The number of halogens is 3. The first-order chi connectivity index (χ1) is 17.1. The van der Waals surface area contributed by atoms with E-state index in [9.17, 15) is 18.0 Å². The molecule has 2 aromatic rings. The smallest absolute Gasteiger partial charge is 0.258 e. The summed E-state index contributed by atoms with van der Waals surface area (Å²) in [5.41, 5.74) is 0.00818. The number of hydrogen-bond acceptors (Lipinski definition) is 4. The van der Waals surface area contributed by atoms with Gasteiger partial charge in [0.15, 0.2) is 0 Å². The van der Waals surface area contributed by atoms with Gasteiger partial charge in [-0.25, -0.2) is 13.2 Å². The van der Waals surface area contributed by atoms with Gasteiger partial charge in [0.2, 0.25) is 0 Å². The molecule has 0 unspecified atom stereocenters. The Kier molecular flexibility index (Phi) is 7.89. The zero-order chi connectivity index (χ0) is 25.9. The van der Waals surface area contributed by atoms with Gasteiger partial charge in [-0.3, -0.25) is 4.79 Å². The molecule has 0 radical (unpaired) electrons. The zero-order valence-electron chi connectivity index (χ0n) is 20.7. The van der Waals surface area contributed by atoms with E-state index in [4.69, 9.17) is 10.00 Å². The second kappa shape index (κ2) is 10.9. The Balaban J connectivity index is 1.32. The summed E-state index contributed by atoms with van der Waals surface area (Å²) in [6.07, 6.45) is 0.615. The standard InChI is InChI=1S/C28H32F3N3O2/c1-28(2,31)18-33-11-9-19(10-12-33)17-36-24-6-3-20(4-7-24)21-5-8-25(26(30)13-21)27(35)34-16-22(29)14-23(34)15-32/h3-8,13,19,22-23H,9-12,14,16-18H2,1-2H3/t22-,23-/m0/s1. The quantitative estimate of drug-likeness (QED) is 0.511. The second-order valence-corrected chi connectivity index (χ2v) is 10.4. The lowest BCUT2D eigenvalue weighted by Crippen LogP contribution is -2.41. The summed E-state index contributed by atoms with van der Waals surface area (Å²) in [6, 6.07) is 12.7. The molecule has 8 heteroatoms. The molecule has 0 spiro atoms. The first kappa shape index (κ1) is 26.0. The topological polar surface area (TPSA) is 56.6 Å². The van der Waals surface area contributed by atoms with Crippen molar-refractivity contribution in [1.29, 1.82) is 5.26 Å². The van der Waals surface area contributed by atoms with Gasteiger partial charge in [0, 0.05) is 13.0 Å². The van der Waals surface area contributed by atoms with Crippen LogP contribution in [0.25, 0.3) is 11.1 Å². The molecule has 2 heterocycles. The Morgan fingerprint density at radius 3 is 2.42 bits per heavy atom. The largest absolute Gasteiger partial charge is 0.493 e. The normalized spacial score (nSPS) is 21.4. The van der Waals surface area contributed by atoms with Crippen LogP contribution in [0, 0.1) is 23.1 Å². The Labute approximate surface area is 210 Å². The highest BCUT2D eigenvalue weighted by molar-refractivity contribution is 5.95. The molecule has 0 bridgehead atoms. The van der Waals surface area contributed by atoms with Gasteiger partial charge in [-0.2, -0.15) is 5.26 Å². The third-order valence-electron chi connectivity index (χ3n) is 6.84. The molecule has 5 nitrogen and oxygen atoms in total. The minimum atomic E-state index is -1.27. The molecule has 4 rings (SSSR count). The molecular formula is C28H32F3N3O2. The minimum Gasteiger partial charge on any atom is -0.493 e. The van der Waals surface area contributed by atoms with E-state index >= 15 is 0 Å². The molecule has 2 fully saturated rings. The molecule has 2 aliphatic rings. The number of benzene rings is 2. The maximum Gasteiger partial charge on any atom is 0.258 e. The van der Waals surface area contributed by atoms with Crippen LogP contribution in [-0.4, -0.2) is 66.4 Å². The predicted octanol–water partition coefficient (Wildman–Crippen LogP) is 5.41. The van der Waals surface area contributed by atoms with Crippen LogP contribution >= 0.6 is 0 Å². The fourth-order valence-electron chi connectivity index (χ4n) is 4.96. The number of carbonyl (C=O) groups is 1. The van der Waals surface area contributed by atoms with Crippen LogP contribution in [0.5, 0.6) is 5.75 Å². The summed E-state index contributed by atoms with van der Waals surface area (Å²) < 4.78 is 48.3. The van der Waals surface area contributed by atoms with Crippen molar-refractivity contribution in [3.05, 3.63) is 53.8 Å². The van der Waals surface area contributed by atoms with E-state index < -0.39 is 29.6 Å². The van der Waals surface area contributed by atoms with Crippen LogP contribution in [0.3, 0.4) is 0 Å². The van der Waals surface area contributed by atoms with Gasteiger partial charge < -0.3 is 14.5 Å². The Morgan fingerprint density at radius 2 is 1.81 bits per heavy atom. The van der Waals surface area contributed by atoms with Crippen molar-refractivity contribution in [3.63, 3.8) is 0 Å². The van der Waals surface area contributed by atoms with Gasteiger partial charge in [-0.15, -0.1) is 0 Å². The van der Waals surface area contributed by atoms with E-state index in [1.165, 1.54) is 12.1 Å². The number of carbonyl (C=O) groups excluding carboxylic acids is 1. The van der Waals surface area contributed by atoms with Crippen LogP contribution in [0.2, 0.25) is 0 Å². The van der Waals surface area contributed by atoms with Crippen molar-refractivity contribution in [2.75, 3.05) is 32.8 Å².